The third kappa shape index (κ3) is 13.2. The molecule has 6 aromatic rings. The van der Waals surface area contributed by atoms with Crippen molar-refractivity contribution in [2.75, 3.05) is 13.2 Å². The van der Waals surface area contributed by atoms with Crippen molar-refractivity contribution in [3.63, 3.8) is 0 Å². The molecule has 7 rings (SSSR count). The summed E-state index contributed by atoms with van der Waals surface area (Å²) in [4.78, 5) is 29.3. The standard InChI is InChI=1S/C63H70O6S2/c1-9-37-63(38-10-2)55-41-47(59-31-29-57(70-59)45-17-23-51(24-18-45)66-39-35-43(7)15-33-61(64)68-49(11-3)12-4)21-27-53(55)54-28-22-48(42-56(54)63)60-32-30-58(71-60)46-19-25-52(26-20-46)67-40-36-44(8)16-34-62(65)69-50(13-5)14-6/h11-14,17-32,41-44,49-50H,3-6,9-10,15-16,33-40H2,1-2,7-8H3. The summed E-state index contributed by atoms with van der Waals surface area (Å²) in [6, 6.07) is 40.2. The first-order valence-corrected chi connectivity index (χ1v) is 27.0. The first-order valence-electron chi connectivity index (χ1n) is 25.4. The van der Waals surface area contributed by atoms with Gasteiger partial charge >= 0.3 is 11.9 Å². The number of hydrogen-bond acceptors (Lipinski definition) is 8. The number of rotatable bonds is 28. The molecule has 0 amide bonds. The molecule has 0 fully saturated rings. The first-order chi connectivity index (χ1) is 34.5. The highest BCUT2D eigenvalue weighted by Crippen LogP contribution is 2.56. The van der Waals surface area contributed by atoms with Gasteiger partial charge in [0.2, 0.25) is 0 Å². The van der Waals surface area contributed by atoms with Crippen molar-refractivity contribution >= 4 is 34.6 Å². The number of fused-ring (bicyclic) bond motifs is 3. The lowest BCUT2D eigenvalue weighted by atomic mass is 9.71. The Hall–Kier alpha value is -6.22. The molecule has 0 saturated heterocycles. The zero-order valence-corrected chi connectivity index (χ0v) is 43.7. The van der Waals surface area contributed by atoms with Crippen LogP contribution in [0.3, 0.4) is 0 Å². The van der Waals surface area contributed by atoms with Gasteiger partial charge in [-0.2, -0.15) is 0 Å². The van der Waals surface area contributed by atoms with Gasteiger partial charge < -0.3 is 18.9 Å². The van der Waals surface area contributed by atoms with Gasteiger partial charge in [-0.15, -0.1) is 22.7 Å². The molecular formula is C63H70O6S2. The van der Waals surface area contributed by atoms with Crippen LogP contribution >= 0.6 is 22.7 Å². The van der Waals surface area contributed by atoms with Gasteiger partial charge in [-0.05, 0) is 204 Å². The number of hydrogen-bond donors (Lipinski definition) is 0. The van der Waals surface area contributed by atoms with Crippen LogP contribution in [0.2, 0.25) is 0 Å². The summed E-state index contributed by atoms with van der Waals surface area (Å²) in [6.45, 7) is 24.8. The smallest absolute Gasteiger partial charge is 0.306 e. The first kappa shape index (κ1) is 52.6. The lowest BCUT2D eigenvalue weighted by Crippen LogP contribution is -2.25. The third-order valence-corrected chi connectivity index (χ3v) is 16.0. The van der Waals surface area contributed by atoms with E-state index in [1.807, 2.05) is 22.7 Å². The second kappa shape index (κ2) is 25.2. The number of esters is 2. The van der Waals surface area contributed by atoms with E-state index in [2.05, 4.69) is 163 Å². The van der Waals surface area contributed by atoms with Gasteiger partial charge in [0.1, 0.15) is 23.7 Å². The summed E-state index contributed by atoms with van der Waals surface area (Å²) in [5, 5.41) is 0. The van der Waals surface area contributed by atoms with Crippen molar-refractivity contribution in [3.05, 3.63) is 171 Å². The van der Waals surface area contributed by atoms with E-state index in [-0.39, 0.29) is 17.4 Å². The Bertz CT molecular complexity index is 2550. The van der Waals surface area contributed by atoms with Crippen molar-refractivity contribution in [1.29, 1.82) is 0 Å². The molecule has 1 aliphatic rings. The Morgan fingerprint density at radius 1 is 0.507 bits per heavy atom. The van der Waals surface area contributed by atoms with E-state index in [1.54, 1.807) is 24.3 Å². The number of carbonyl (C=O) groups excluding carboxylic acids is 2. The molecule has 0 aliphatic heterocycles. The van der Waals surface area contributed by atoms with E-state index >= 15 is 0 Å². The Labute approximate surface area is 430 Å². The van der Waals surface area contributed by atoms with E-state index < -0.39 is 12.2 Å². The summed E-state index contributed by atoms with van der Waals surface area (Å²) < 4.78 is 22.9. The van der Waals surface area contributed by atoms with E-state index in [4.69, 9.17) is 18.9 Å². The molecule has 8 heteroatoms. The summed E-state index contributed by atoms with van der Waals surface area (Å²) in [6.07, 6.45) is 13.7. The molecular weight excluding hydrogens is 917 g/mol. The third-order valence-electron chi connectivity index (χ3n) is 13.7. The molecule has 0 radical (unpaired) electrons. The van der Waals surface area contributed by atoms with Crippen LogP contribution in [0.4, 0.5) is 0 Å². The number of carbonyl (C=O) groups is 2. The highest BCUT2D eigenvalue weighted by molar-refractivity contribution is 7.19. The Morgan fingerprint density at radius 3 is 1.21 bits per heavy atom. The van der Waals surface area contributed by atoms with Crippen LogP contribution in [-0.2, 0) is 24.5 Å². The maximum absolute atomic E-state index is 12.2. The zero-order valence-electron chi connectivity index (χ0n) is 42.1. The Kier molecular flexibility index (Phi) is 18.7. The summed E-state index contributed by atoms with van der Waals surface area (Å²) >= 11 is 3.67. The molecule has 2 aromatic heterocycles. The van der Waals surface area contributed by atoms with Crippen LogP contribution in [0.15, 0.2) is 160 Å². The Morgan fingerprint density at radius 2 is 0.859 bits per heavy atom. The van der Waals surface area contributed by atoms with Crippen LogP contribution in [0.25, 0.3) is 52.9 Å². The molecule has 2 heterocycles. The average molecular weight is 987 g/mol. The largest absolute Gasteiger partial charge is 0.494 e. The normalized spacial score (nSPS) is 13.2. The van der Waals surface area contributed by atoms with Crippen LogP contribution in [0, 0.1) is 11.8 Å². The zero-order chi connectivity index (χ0) is 50.3. The number of benzene rings is 4. The van der Waals surface area contributed by atoms with Crippen LogP contribution in [0.5, 0.6) is 11.5 Å². The highest BCUT2D eigenvalue weighted by atomic mass is 32.1. The highest BCUT2D eigenvalue weighted by Gasteiger charge is 2.42. The molecule has 71 heavy (non-hydrogen) atoms. The molecule has 0 bridgehead atoms. The van der Waals surface area contributed by atoms with Gasteiger partial charge in [0.25, 0.3) is 0 Å². The van der Waals surface area contributed by atoms with Gasteiger partial charge in [-0.1, -0.05) is 91.1 Å². The fourth-order valence-corrected chi connectivity index (χ4v) is 11.6. The Balaban J connectivity index is 0.975. The molecule has 370 valence electrons. The summed E-state index contributed by atoms with van der Waals surface area (Å²) in [7, 11) is 0. The van der Waals surface area contributed by atoms with Crippen molar-refractivity contribution < 1.29 is 28.5 Å². The average Bonchev–Trinajstić information content (AvgIpc) is 4.15. The lowest BCUT2D eigenvalue weighted by molar-refractivity contribution is -0.146. The van der Waals surface area contributed by atoms with Crippen molar-refractivity contribution in [2.45, 2.75) is 110 Å². The van der Waals surface area contributed by atoms with Crippen LogP contribution in [0.1, 0.15) is 103 Å². The van der Waals surface area contributed by atoms with Crippen LogP contribution in [-0.4, -0.2) is 37.4 Å². The molecule has 0 saturated carbocycles. The van der Waals surface area contributed by atoms with Gasteiger partial charge in [0.15, 0.2) is 0 Å². The second-order valence-electron chi connectivity index (χ2n) is 18.9. The summed E-state index contributed by atoms with van der Waals surface area (Å²) in [5.41, 5.74) is 10.5. The maximum atomic E-state index is 12.2. The van der Waals surface area contributed by atoms with Gasteiger partial charge in [0, 0.05) is 37.8 Å². The SMILES string of the molecule is C=CC(C=C)OC(=O)CCC(C)CCOc1ccc(-c2ccc(-c3ccc4c(c3)C(CCC)(CCC)c3cc(-c5ccc(-c6ccc(OCCC(C)CCC(=O)OC(C=C)C=C)cc6)s5)ccc3-4)s2)cc1. The molecule has 0 spiro atoms. The predicted octanol–water partition coefficient (Wildman–Crippen LogP) is 17.3. The van der Waals surface area contributed by atoms with E-state index in [0.717, 1.165) is 62.9 Å². The topological polar surface area (TPSA) is 71.1 Å². The molecule has 6 nitrogen and oxygen atoms in total. The van der Waals surface area contributed by atoms with Crippen LogP contribution < -0.4 is 9.47 Å². The van der Waals surface area contributed by atoms with Gasteiger partial charge in [-0.25, -0.2) is 0 Å². The van der Waals surface area contributed by atoms with E-state index in [1.165, 1.54) is 64.0 Å². The minimum atomic E-state index is -0.442. The lowest BCUT2D eigenvalue weighted by Gasteiger charge is -2.32. The molecule has 2 atom stereocenters. The molecule has 2 unspecified atom stereocenters. The molecule has 1 aliphatic carbocycles. The van der Waals surface area contributed by atoms with Gasteiger partial charge in [-0.3, -0.25) is 9.59 Å². The van der Waals surface area contributed by atoms with E-state index in [0.29, 0.717) is 37.9 Å². The quantitative estimate of drug-likeness (QED) is 0.0360. The number of thiophene rings is 2. The van der Waals surface area contributed by atoms with Crippen molar-refractivity contribution in [3.8, 4) is 64.4 Å². The van der Waals surface area contributed by atoms with Crippen molar-refractivity contribution in [2.24, 2.45) is 11.8 Å². The predicted molar refractivity (Wildman–Crippen MR) is 298 cm³/mol. The fourth-order valence-electron chi connectivity index (χ4n) is 9.63. The molecule has 4 aromatic carbocycles. The van der Waals surface area contributed by atoms with Gasteiger partial charge in [0.05, 0.1) is 13.2 Å². The minimum Gasteiger partial charge on any atom is -0.494 e. The minimum absolute atomic E-state index is 0.0553. The fraction of sp³-hybridized carbons (Fsp3) is 0.333. The van der Waals surface area contributed by atoms with Crippen molar-refractivity contribution in [1.82, 2.24) is 0 Å². The second-order valence-corrected chi connectivity index (χ2v) is 21.1. The van der Waals surface area contributed by atoms with E-state index in [9.17, 15) is 9.59 Å². The monoisotopic (exact) mass is 986 g/mol. The summed E-state index contributed by atoms with van der Waals surface area (Å²) in [5.74, 6) is 1.89. The number of ether oxygens (including phenoxy) is 4. The molecule has 0 N–H and O–H groups in total. The maximum Gasteiger partial charge on any atom is 0.306 e.